The summed E-state index contributed by atoms with van der Waals surface area (Å²) in [5, 5.41) is 11.0. The summed E-state index contributed by atoms with van der Waals surface area (Å²) in [6.45, 7) is 2.65. The molecule has 7 heteroatoms. The van der Waals surface area contributed by atoms with Crippen molar-refractivity contribution >= 4 is 35.0 Å². The van der Waals surface area contributed by atoms with Gasteiger partial charge in [0.25, 0.3) is 0 Å². The number of benzene rings is 3. The average molecular weight is 470 g/mol. The molecule has 4 nitrogen and oxygen atoms in total. The Balaban J connectivity index is 1.57. The van der Waals surface area contributed by atoms with Crippen LogP contribution in [0.25, 0.3) is 17.1 Å². The minimum atomic E-state index is 0.506. The largest absolute Gasteiger partial charge is 0.491 e. The van der Waals surface area contributed by atoms with Gasteiger partial charge in [-0.2, -0.15) is 0 Å². The first kappa shape index (κ1) is 21.8. The highest BCUT2D eigenvalue weighted by molar-refractivity contribution is 7.99. The number of hydrogen-bond donors (Lipinski definition) is 0. The van der Waals surface area contributed by atoms with E-state index in [1.165, 1.54) is 5.56 Å². The minimum absolute atomic E-state index is 0.506. The summed E-state index contributed by atoms with van der Waals surface area (Å²) in [5.41, 5.74) is 3.25. The molecule has 0 aliphatic carbocycles. The second-order valence-corrected chi connectivity index (χ2v) is 8.70. The van der Waals surface area contributed by atoms with Gasteiger partial charge in [-0.3, -0.25) is 4.57 Å². The fraction of sp³-hybridized carbons (Fsp3) is 0.167. The standard InChI is InChI=1S/C24H21Cl2N3OS/c1-2-17-7-13-20(14-8-17)29-23(18-9-11-19(25)12-10-18)27-28-24(29)31-16-15-30-22-6-4-3-5-21(22)26/h3-14H,2,15-16H2,1H3. The van der Waals surface area contributed by atoms with Crippen molar-refractivity contribution in [1.82, 2.24) is 14.8 Å². The lowest BCUT2D eigenvalue weighted by Crippen LogP contribution is -2.04. The molecule has 0 amide bonds. The molecule has 0 aliphatic rings. The maximum atomic E-state index is 6.16. The quantitative estimate of drug-likeness (QED) is 0.206. The Labute approximate surface area is 196 Å². The molecule has 0 saturated carbocycles. The topological polar surface area (TPSA) is 39.9 Å². The molecule has 0 spiro atoms. The SMILES string of the molecule is CCc1ccc(-n2c(SCCOc3ccccc3Cl)nnc2-c2ccc(Cl)cc2)cc1. The average Bonchev–Trinajstić information content (AvgIpc) is 3.22. The van der Waals surface area contributed by atoms with Gasteiger partial charge in [0.1, 0.15) is 5.75 Å². The molecule has 31 heavy (non-hydrogen) atoms. The lowest BCUT2D eigenvalue weighted by atomic mass is 10.1. The molecule has 0 radical (unpaired) electrons. The number of aromatic nitrogens is 3. The van der Waals surface area contributed by atoms with E-state index < -0.39 is 0 Å². The van der Waals surface area contributed by atoms with Crippen LogP contribution in [0.4, 0.5) is 0 Å². The maximum absolute atomic E-state index is 6.16. The summed E-state index contributed by atoms with van der Waals surface area (Å²) in [5.74, 6) is 2.16. The van der Waals surface area contributed by atoms with Gasteiger partial charge in [-0.05, 0) is 60.5 Å². The van der Waals surface area contributed by atoms with Gasteiger partial charge in [-0.1, -0.05) is 66.2 Å². The Morgan fingerprint density at radius 3 is 2.35 bits per heavy atom. The fourth-order valence-electron chi connectivity index (χ4n) is 3.11. The van der Waals surface area contributed by atoms with Crippen LogP contribution in [-0.2, 0) is 6.42 Å². The molecule has 0 unspecified atom stereocenters. The molecule has 0 N–H and O–H groups in total. The zero-order valence-electron chi connectivity index (χ0n) is 17.0. The van der Waals surface area contributed by atoms with Gasteiger partial charge in [-0.15, -0.1) is 10.2 Å². The molecular weight excluding hydrogens is 449 g/mol. The van der Waals surface area contributed by atoms with Crippen molar-refractivity contribution in [3.05, 3.63) is 88.4 Å². The Hall–Kier alpha value is -2.47. The van der Waals surface area contributed by atoms with E-state index in [9.17, 15) is 0 Å². The first-order valence-corrected chi connectivity index (χ1v) is 11.7. The van der Waals surface area contributed by atoms with Crippen LogP contribution in [0.2, 0.25) is 10.0 Å². The van der Waals surface area contributed by atoms with Crippen LogP contribution in [0.15, 0.2) is 78.0 Å². The number of halogens is 2. The molecule has 158 valence electrons. The lowest BCUT2D eigenvalue weighted by molar-refractivity contribution is 0.344. The Morgan fingerprint density at radius 2 is 1.65 bits per heavy atom. The highest BCUT2D eigenvalue weighted by atomic mass is 35.5. The number of para-hydroxylation sites is 1. The van der Waals surface area contributed by atoms with Gasteiger partial charge in [0.2, 0.25) is 0 Å². The number of aryl methyl sites for hydroxylation is 1. The second-order valence-electron chi connectivity index (χ2n) is 6.80. The zero-order chi connectivity index (χ0) is 21.6. The predicted octanol–water partition coefficient (Wildman–Crippen LogP) is 6.97. The monoisotopic (exact) mass is 469 g/mol. The molecular formula is C24H21Cl2N3OS. The molecule has 3 aromatic carbocycles. The maximum Gasteiger partial charge on any atom is 0.196 e. The molecule has 0 saturated heterocycles. The van der Waals surface area contributed by atoms with Gasteiger partial charge < -0.3 is 4.74 Å². The molecule has 4 rings (SSSR count). The van der Waals surface area contributed by atoms with Crippen molar-refractivity contribution in [2.24, 2.45) is 0 Å². The van der Waals surface area contributed by atoms with Crippen LogP contribution in [0.5, 0.6) is 5.75 Å². The third-order valence-corrected chi connectivity index (χ3v) is 6.20. The summed E-state index contributed by atoms with van der Waals surface area (Å²) >= 11 is 13.8. The van der Waals surface area contributed by atoms with Gasteiger partial charge in [-0.25, -0.2) is 0 Å². The van der Waals surface area contributed by atoms with Crippen LogP contribution in [0.1, 0.15) is 12.5 Å². The first-order chi connectivity index (χ1) is 15.2. The molecule has 0 bridgehead atoms. The van der Waals surface area contributed by atoms with E-state index in [0.717, 1.165) is 28.7 Å². The third kappa shape index (κ3) is 5.24. The Bertz CT molecular complexity index is 1140. The molecule has 1 aromatic heterocycles. The van der Waals surface area contributed by atoms with E-state index in [0.29, 0.717) is 28.2 Å². The second kappa shape index (κ2) is 10.2. The van der Waals surface area contributed by atoms with E-state index in [2.05, 4.69) is 46.0 Å². The van der Waals surface area contributed by atoms with Crippen molar-refractivity contribution in [1.29, 1.82) is 0 Å². The van der Waals surface area contributed by atoms with Crippen molar-refractivity contribution in [3.63, 3.8) is 0 Å². The van der Waals surface area contributed by atoms with Crippen LogP contribution < -0.4 is 4.74 Å². The minimum Gasteiger partial charge on any atom is -0.491 e. The highest BCUT2D eigenvalue weighted by Gasteiger charge is 2.16. The van der Waals surface area contributed by atoms with E-state index in [-0.39, 0.29) is 0 Å². The van der Waals surface area contributed by atoms with Crippen molar-refractivity contribution < 1.29 is 4.74 Å². The number of ether oxygens (including phenoxy) is 1. The van der Waals surface area contributed by atoms with Crippen molar-refractivity contribution in [2.75, 3.05) is 12.4 Å². The number of hydrogen-bond acceptors (Lipinski definition) is 4. The van der Waals surface area contributed by atoms with E-state index in [1.54, 1.807) is 11.8 Å². The summed E-state index contributed by atoms with van der Waals surface area (Å²) in [6.07, 6.45) is 0.994. The zero-order valence-corrected chi connectivity index (χ0v) is 19.3. The Kier molecular flexibility index (Phi) is 7.17. The summed E-state index contributed by atoms with van der Waals surface area (Å²) in [7, 11) is 0. The van der Waals surface area contributed by atoms with Gasteiger partial charge in [0, 0.05) is 22.0 Å². The summed E-state index contributed by atoms with van der Waals surface area (Å²) in [6, 6.07) is 23.6. The fourth-order valence-corrected chi connectivity index (χ4v) is 4.19. The van der Waals surface area contributed by atoms with E-state index in [1.807, 2.05) is 48.5 Å². The normalized spacial score (nSPS) is 10.9. The highest BCUT2D eigenvalue weighted by Crippen LogP contribution is 2.29. The van der Waals surface area contributed by atoms with Crippen molar-refractivity contribution in [3.8, 4) is 22.8 Å². The molecule has 0 atom stereocenters. The number of nitrogens with zero attached hydrogens (tertiary/aromatic N) is 3. The van der Waals surface area contributed by atoms with Gasteiger partial charge in [0.15, 0.2) is 11.0 Å². The first-order valence-electron chi connectivity index (χ1n) is 9.96. The van der Waals surface area contributed by atoms with Crippen LogP contribution in [0.3, 0.4) is 0 Å². The predicted molar refractivity (Wildman–Crippen MR) is 129 cm³/mol. The van der Waals surface area contributed by atoms with Crippen LogP contribution >= 0.6 is 35.0 Å². The van der Waals surface area contributed by atoms with E-state index >= 15 is 0 Å². The van der Waals surface area contributed by atoms with E-state index in [4.69, 9.17) is 27.9 Å². The van der Waals surface area contributed by atoms with Gasteiger partial charge in [0.05, 0.1) is 11.6 Å². The summed E-state index contributed by atoms with van der Waals surface area (Å²) in [4.78, 5) is 0. The van der Waals surface area contributed by atoms with Crippen molar-refractivity contribution in [2.45, 2.75) is 18.5 Å². The summed E-state index contributed by atoms with van der Waals surface area (Å²) < 4.78 is 7.89. The van der Waals surface area contributed by atoms with Crippen LogP contribution in [-0.4, -0.2) is 27.1 Å². The lowest BCUT2D eigenvalue weighted by Gasteiger charge is -2.12. The third-order valence-electron chi connectivity index (χ3n) is 4.75. The Morgan fingerprint density at radius 1 is 0.903 bits per heavy atom. The van der Waals surface area contributed by atoms with Crippen LogP contribution in [0, 0.1) is 0 Å². The number of thioether (sulfide) groups is 1. The van der Waals surface area contributed by atoms with Gasteiger partial charge >= 0.3 is 0 Å². The molecule has 0 fully saturated rings. The number of rotatable bonds is 8. The smallest absolute Gasteiger partial charge is 0.196 e. The molecule has 0 aliphatic heterocycles. The molecule has 4 aromatic rings. The molecule has 1 heterocycles.